The second kappa shape index (κ2) is 5.45. The van der Waals surface area contributed by atoms with E-state index in [4.69, 9.17) is 10.5 Å². The van der Waals surface area contributed by atoms with Crippen LogP contribution in [0.5, 0.6) is 5.75 Å². The summed E-state index contributed by atoms with van der Waals surface area (Å²) in [7, 11) is 0. The summed E-state index contributed by atoms with van der Waals surface area (Å²) in [4.78, 5) is 0. The molecule has 3 rings (SSSR count). The molecule has 0 spiro atoms. The SMILES string of the molecule is N[C@@H](CCc1ccccc1)c1ccc2c(c1)CCO2. The molecule has 0 aliphatic carbocycles. The molecule has 0 radical (unpaired) electrons. The molecule has 0 saturated heterocycles. The Balaban J connectivity index is 1.65. The van der Waals surface area contributed by atoms with Gasteiger partial charge in [-0.3, -0.25) is 0 Å². The molecule has 1 heterocycles. The molecular formula is C17H19NO. The second-order valence-electron chi connectivity index (χ2n) is 5.10. The highest BCUT2D eigenvalue weighted by molar-refractivity contribution is 5.40. The van der Waals surface area contributed by atoms with Crippen LogP contribution in [-0.2, 0) is 12.8 Å². The number of rotatable bonds is 4. The molecule has 1 aliphatic rings. The number of ether oxygens (including phenoxy) is 1. The molecule has 2 aromatic rings. The molecule has 1 atom stereocenters. The van der Waals surface area contributed by atoms with Crippen LogP contribution >= 0.6 is 0 Å². The molecule has 0 fully saturated rings. The number of nitrogens with two attached hydrogens (primary N) is 1. The highest BCUT2D eigenvalue weighted by Gasteiger charge is 2.14. The van der Waals surface area contributed by atoms with E-state index in [0.717, 1.165) is 31.6 Å². The monoisotopic (exact) mass is 253 g/mol. The van der Waals surface area contributed by atoms with Crippen molar-refractivity contribution in [3.05, 3.63) is 65.2 Å². The predicted molar refractivity (Wildman–Crippen MR) is 77.3 cm³/mol. The Labute approximate surface area is 114 Å². The van der Waals surface area contributed by atoms with Gasteiger partial charge in [-0.05, 0) is 35.6 Å². The fourth-order valence-electron chi connectivity index (χ4n) is 2.57. The smallest absolute Gasteiger partial charge is 0.122 e. The van der Waals surface area contributed by atoms with Crippen molar-refractivity contribution in [2.75, 3.05) is 6.61 Å². The first kappa shape index (κ1) is 12.2. The minimum absolute atomic E-state index is 0.103. The van der Waals surface area contributed by atoms with E-state index in [2.05, 4.69) is 42.5 Å². The quantitative estimate of drug-likeness (QED) is 0.907. The second-order valence-corrected chi connectivity index (χ2v) is 5.10. The number of benzene rings is 2. The van der Waals surface area contributed by atoms with Crippen LogP contribution in [0.15, 0.2) is 48.5 Å². The van der Waals surface area contributed by atoms with E-state index in [9.17, 15) is 0 Å². The van der Waals surface area contributed by atoms with Crippen molar-refractivity contribution in [2.45, 2.75) is 25.3 Å². The number of fused-ring (bicyclic) bond motifs is 1. The first-order valence-corrected chi connectivity index (χ1v) is 6.88. The van der Waals surface area contributed by atoms with Crippen LogP contribution in [0.2, 0.25) is 0 Å². The molecule has 0 saturated carbocycles. The molecule has 2 heteroatoms. The van der Waals surface area contributed by atoms with Crippen molar-refractivity contribution in [1.82, 2.24) is 0 Å². The van der Waals surface area contributed by atoms with Crippen LogP contribution in [0, 0.1) is 0 Å². The molecule has 1 aliphatic heterocycles. The summed E-state index contributed by atoms with van der Waals surface area (Å²) in [6.45, 7) is 0.804. The average molecular weight is 253 g/mol. The normalized spacial score (nSPS) is 14.8. The lowest BCUT2D eigenvalue weighted by atomic mass is 9.97. The van der Waals surface area contributed by atoms with Crippen LogP contribution in [0.4, 0.5) is 0 Å². The largest absolute Gasteiger partial charge is 0.493 e. The average Bonchev–Trinajstić information content (AvgIpc) is 2.93. The molecule has 19 heavy (non-hydrogen) atoms. The zero-order chi connectivity index (χ0) is 13.1. The molecule has 0 unspecified atom stereocenters. The molecule has 2 N–H and O–H groups in total. The minimum atomic E-state index is 0.103. The summed E-state index contributed by atoms with van der Waals surface area (Å²) in [5.41, 5.74) is 10.2. The van der Waals surface area contributed by atoms with E-state index in [0.29, 0.717) is 0 Å². The van der Waals surface area contributed by atoms with Crippen LogP contribution in [0.25, 0.3) is 0 Å². The summed E-state index contributed by atoms with van der Waals surface area (Å²) in [6, 6.07) is 17.0. The zero-order valence-electron chi connectivity index (χ0n) is 11.0. The Hall–Kier alpha value is -1.80. The minimum Gasteiger partial charge on any atom is -0.493 e. The third-order valence-electron chi connectivity index (χ3n) is 3.73. The number of hydrogen-bond donors (Lipinski definition) is 1. The van der Waals surface area contributed by atoms with Crippen LogP contribution in [0.3, 0.4) is 0 Å². The standard InChI is InChI=1S/C17H19NO/c18-16(8-6-13-4-2-1-3-5-13)14-7-9-17-15(12-14)10-11-19-17/h1-5,7,9,12,16H,6,8,10-11,18H2/t16-/m0/s1. The van der Waals surface area contributed by atoms with E-state index < -0.39 is 0 Å². The molecule has 0 aromatic heterocycles. The lowest BCUT2D eigenvalue weighted by Crippen LogP contribution is -2.11. The maximum absolute atomic E-state index is 6.30. The fourth-order valence-corrected chi connectivity index (χ4v) is 2.57. The van der Waals surface area contributed by atoms with Gasteiger partial charge in [0.15, 0.2) is 0 Å². The maximum atomic E-state index is 6.30. The first-order valence-electron chi connectivity index (χ1n) is 6.88. The molecule has 98 valence electrons. The van der Waals surface area contributed by atoms with Crippen LogP contribution in [0.1, 0.15) is 29.2 Å². The van der Waals surface area contributed by atoms with Crippen molar-refractivity contribution in [2.24, 2.45) is 5.73 Å². The van der Waals surface area contributed by atoms with Gasteiger partial charge in [-0.1, -0.05) is 42.5 Å². The van der Waals surface area contributed by atoms with E-state index >= 15 is 0 Å². The molecule has 2 nitrogen and oxygen atoms in total. The third kappa shape index (κ3) is 2.79. The van der Waals surface area contributed by atoms with Crippen molar-refractivity contribution in [3.8, 4) is 5.75 Å². The third-order valence-corrected chi connectivity index (χ3v) is 3.73. The lowest BCUT2D eigenvalue weighted by Gasteiger charge is -2.13. The van der Waals surface area contributed by atoms with Crippen molar-refractivity contribution in [1.29, 1.82) is 0 Å². The van der Waals surface area contributed by atoms with Gasteiger partial charge in [0, 0.05) is 12.5 Å². The zero-order valence-corrected chi connectivity index (χ0v) is 11.0. The molecule has 0 bridgehead atoms. The molecule has 0 amide bonds. The van der Waals surface area contributed by atoms with Gasteiger partial charge in [-0.15, -0.1) is 0 Å². The Bertz CT molecular complexity index is 550. The van der Waals surface area contributed by atoms with E-state index in [-0.39, 0.29) is 6.04 Å². The topological polar surface area (TPSA) is 35.2 Å². The van der Waals surface area contributed by atoms with E-state index in [1.165, 1.54) is 16.7 Å². The van der Waals surface area contributed by atoms with Crippen LogP contribution in [-0.4, -0.2) is 6.61 Å². The summed E-state index contributed by atoms with van der Waals surface area (Å²) >= 11 is 0. The Morgan fingerprint density at radius 1 is 1.11 bits per heavy atom. The molecular weight excluding hydrogens is 234 g/mol. The summed E-state index contributed by atoms with van der Waals surface area (Å²) in [5, 5.41) is 0. The Kier molecular flexibility index (Phi) is 3.51. The Morgan fingerprint density at radius 2 is 1.95 bits per heavy atom. The Morgan fingerprint density at radius 3 is 2.79 bits per heavy atom. The van der Waals surface area contributed by atoms with E-state index in [1.807, 2.05) is 6.07 Å². The van der Waals surface area contributed by atoms with Gasteiger partial charge in [0.05, 0.1) is 6.61 Å². The van der Waals surface area contributed by atoms with Gasteiger partial charge >= 0.3 is 0 Å². The van der Waals surface area contributed by atoms with Crippen molar-refractivity contribution < 1.29 is 4.74 Å². The number of hydrogen-bond acceptors (Lipinski definition) is 2. The van der Waals surface area contributed by atoms with Gasteiger partial charge in [-0.2, -0.15) is 0 Å². The molecule has 2 aromatic carbocycles. The lowest BCUT2D eigenvalue weighted by molar-refractivity contribution is 0.357. The van der Waals surface area contributed by atoms with Gasteiger partial charge in [-0.25, -0.2) is 0 Å². The first-order chi connectivity index (χ1) is 9.33. The fraction of sp³-hybridized carbons (Fsp3) is 0.294. The van der Waals surface area contributed by atoms with Gasteiger partial charge in [0.2, 0.25) is 0 Å². The summed E-state index contributed by atoms with van der Waals surface area (Å²) < 4.78 is 5.52. The van der Waals surface area contributed by atoms with Gasteiger partial charge in [0.25, 0.3) is 0 Å². The van der Waals surface area contributed by atoms with Gasteiger partial charge in [0.1, 0.15) is 5.75 Å². The van der Waals surface area contributed by atoms with E-state index in [1.54, 1.807) is 0 Å². The number of aryl methyl sites for hydroxylation is 1. The van der Waals surface area contributed by atoms with Crippen molar-refractivity contribution in [3.63, 3.8) is 0 Å². The highest BCUT2D eigenvalue weighted by atomic mass is 16.5. The summed E-state index contributed by atoms with van der Waals surface area (Å²) in [6.07, 6.45) is 3.01. The van der Waals surface area contributed by atoms with Gasteiger partial charge < -0.3 is 10.5 Å². The van der Waals surface area contributed by atoms with Crippen LogP contribution < -0.4 is 10.5 Å². The predicted octanol–water partition coefficient (Wildman–Crippen LogP) is 3.25. The van der Waals surface area contributed by atoms with Crippen molar-refractivity contribution >= 4 is 0 Å². The highest BCUT2D eigenvalue weighted by Crippen LogP contribution is 2.28. The maximum Gasteiger partial charge on any atom is 0.122 e. The summed E-state index contributed by atoms with van der Waals surface area (Å²) in [5.74, 6) is 1.03.